The highest BCUT2D eigenvalue weighted by molar-refractivity contribution is 14.1. The number of nitrogens with zero attached hydrogens (tertiary/aromatic N) is 2. The highest BCUT2D eigenvalue weighted by Crippen LogP contribution is 2.32. The van der Waals surface area contributed by atoms with Crippen molar-refractivity contribution in [2.45, 2.75) is 6.10 Å². The van der Waals surface area contributed by atoms with Crippen LogP contribution >= 0.6 is 34.1 Å². The zero-order valence-corrected chi connectivity index (χ0v) is 16.9. The molecule has 12 heteroatoms. The molecule has 0 aliphatic heterocycles. The van der Waals surface area contributed by atoms with Crippen LogP contribution < -0.4 is 10.8 Å². The molecule has 0 radical (unpaired) electrons. The van der Waals surface area contributed by atoms with Crippen molar-refractivity contribution in [2.24, 2.45) is 0 Å². The predicted molar refractivity (Wildman–Crippen MR) is 106 cm³/mol. The van der Waals surface area contributed by atoms with Crippen molar-refractivity contribution in [2.75, 3.05) is 18.5 Å². The number of hydrogen-bond acceptors (Lipinski definition) is 8. The molecule has 0 spiro atoms. The quantitative estimate of drug-likeness (QED) is 0.278. The van der Waals surface area contributed by atoms with Crippen molar-refractivity contribution in [3.63, 3.8) is 0 Å². The molecule has 0 bridgehead atoms. The summed E-state index contributed by atoms with van der Waals surface area (Å²) in [6.07, 6.45) is -1.05. The first-order chi connectivity index (χ1) is 13.4. The predicted octanol–water partition coefficient (Wildman–Crippen LogP) is 2.33. The molecule has 0 aliphatic rings. The van der Waals surface area contributed by atoms with E-state index in [1.807, 2.05) is 28.1 Å². The number of carbonyl (C=O) groups is 1. The summed E-state index contributed by atoms with van der Waals surface area (Å²) in [5, 5.41) is 24.3. The number of rotatable bonds is 7. The lowest BCUT2D eigenvalue weighted by atomic mass is 10.1. The Bertz CT molecular complexity index is 1020. The molecule has 1 amide bonds. The molecule has 3 rings (SSSR count). The summed E-state index contributed by atoms with van der Waals surface area (Å²) in [6, 6.07) is 5.61. The average Bonchev–Trinajstić information content (AvgIpc) is 3.15. The Labute approximate surface area is 174 Å². The van der Waals surface area contributed by atoms with Gasteiger partial charge < -0.3 is 15.5 Å². The van der Waals surface area contributed by atoms with Crippen LogP contribution in [0.4, 0.5) is 20.2 Å². The second-order valence-corrected chi connectivity index (χ2v) is 7.55. The number of hydrogen-bond donors (Lipinski definition) is 4. The maximum absolute atomic E-state index is 15.0. The first kappa shape index (κ1) is 20.7. The number of carbonyl (C=O) groups excluding carboxylic acids is 1. The van der Waals surface area contributed by atoms with E-state index in [1.165, 1.54) is 18.2 Å². The van der Waals surface area contributed by atoms with E-state index in [-0.39, 0.29) is 22.5 Å². The number of fused-ring (bicyclic) bond motifs is 1. The van der Waals surface area contributed by atoms with E-state index in [0.717, 1.165) is 11.5 Å². The van der Waals surface area contributed by atoms with E-state index in [2.05, 4.69) is 14.9 Å². The van der Waals surface area contributed by atoms with Gasteiger partial charge in [-0.25, -0.2) is 14.3 Å². The van der Waals surface area contributed by atoms with Crippen LogP contribution in [0.25, 0.3) is 10.2 Å². The lowest BCUT2D eigenvalue weighted by molar-refractivity contribution is -0.0618. The second kappa shape index (κ2) is 9.00. The number of amides is 1. The summed E-state index contributed by atoms with van der Waals surface area (Å²) in [5.41, 5.74) is 1.42. The highest BCUT2D eigenvalue weighted by atomic mass is 127. The molecule has 148 valence electrons. The fraction of sp³-hybridized carbons (Fsp3) is 0.188. The van der Waals surface area contributed by atoms with Crippen molar-refractivity contribution < 1.29 is 28.6 Å². The van der Waals surface area contributed by atoms with Crippen LogP contribution in [0.5, 0.6) is 0 Å². The maximum Gasteiger partial charge on any atom is 0.277 e. The van der Waals surface area contributed by atoms with Crippen LogP contribution in [0.3, 0.4) is 0 Å². The molecular weight excluding hydrogens is 509 g/mol. The van der Waals surface area contributed by atoms with Crippen LogP contribution in [0.2, 0.25) is 0 Å². The van der Waals surface area contributed by atoms with E-state index in [4.69, 9.17) is 15.1 Å². The van der Waals surface area contributed by atoms with Gasteiger partial charge in [-0.1, -0.05) is 4.49 Å². The summed E-state index contributed by atoms with van der Waals surface area (Å²) in [5.74, 6) is -2.38. The van der Waals surface area contributed by atoms with E-state index in [9.17, 15) is 13.6 Å². The van der Waals surface area contributed by atoms with Gasteiger partial charge in [-0.15, -0.1) is 5.10 Å². The SMILES string of the molecule is O=C(NOC(CO)CO)c1cc2snnc2c(F)c1Nc1ccc(I)cc1F. The molecule has 0 unspecified atom stereocenters. The van der Waals surface area contributed by atoms with E-state index >= 15 is 0 Å². The first-order valence-corrected chi connectivity index (χ1v) is 9.64. The van der Waals surface area contributed by atoms with Crippen molar-refractivity contribution in [3.05, 3.63) is 45.0 Å². The van der Waals surface area contributed by atoms with Crippen LogP contribution in [0.15, 0.2) is 24.3 Å². The molecule has 1 aromatic heterocycles. The lowest BCUT2D eigenvalue weighted by Crippen LogP contribution is -2.34. The zero-order valence-electron chi connectivity index (χ0n) is 13.9. The standard InChI is InChI=1S/C16H13F2IN4O4S/c17-10-3-7(19)1-2-11(10)20-14-9(16(26)22-27-8(5-24)6-25)4-12-15(13(14)18)21-23-28-12/h1-4,8,20,24-25H,5-6H2,(H,22,26). The molecule has 2 aromatic carbocycles. The molecule has 0 fully saturated rings. The number of aromatic nitrogens is 2. The lowest BCUT2D eigenvalue weighted by Gasteiger charge is -2.16. The van der Waals surface area contributed by atoms with Crippen molar-refractivity contribution >= 4 is 61.6 Å². The molecule has 8 nitrogen and oxygen atoms in total. The molecule has 4 N–H and O–H groups in total. The molecule has 3 aromatic rings. The van der Waals surface area contributed by atoms with Gasteiger partial charge in [-0.2, -0.15) is 0 Å². The molecule has 0 aliphatic carbocycles. The second-order valence-electron chi connectivity index (χ2n) is 5.52. The maximum atomic E-state index is 15.0. The number of anilines is 2. The van der Waals surface area contributed by atoms with Gasteiger partial charge in [0.1, 0.15) is 17.4 Å². The number of nitrogens with one attached hydrogen (secondary N) is 2. The summed E-state index contributed by atoms with van der Waals surface area (Å²) >= 11 is 2.81. The summed E-state index contributed by atoms with van der Waals surface area (Å²) in [4.78, 5) is 17.4. The fourth-order valence-electron chi connectivity index (χ4n) is 2.24. The fourth-order valence-corrected chi connectivity index (χ4v) is 3.29. The Kier molecular flexibility index (Phi) is 6.66. The Morgan fingerprint density at radius 3 is 2.71 bits per heavy atom. The average molecular weight is 522 g/mol. The Morgan fingerprint density at radius 1 is 1.29 bits per heavy atom. The summed E-state index contributed by atoms with van der Waals surface area (Å²) in [7, 11) is 0. The summed E-state index contributed by atoms with van der Waals surface area (Å²) < 4.78 is 33.8. The minimum atomic E-state index is -1.05. The number of aliphatic hydroxyl groups excluding tert-OH is 2. The van der Waals surface area contributed by atoms with Gasteiger partial charge in [-0.3, -0.25) is 9.63 Å². The topological polar surface area (TPSA) is 117 Å². The van der Waals surface area contributed by atoms with Gasteiger partial charge in [0, 0.05) is 3.57 Å². The third-order valence-corrected chi connectivity index (χ3v) is 4.99. The third-order valence-electron chi connectivity index (χ3n) is 3.65. The summed E-state index contributed by atoms with van der Waals surface area (Å²) in [6.45, 7) is -1.08. The Morgan fingerprint density at radius 2 is 2.04 bits per heavy atom. The molecule has 0 saturated heterocycles. The van der Waals surface area contributed by atoms with E-state index in [1.54, 1.807) is 6.07 Å². The largest absolute Gasteiger partial charge is 0.393 e. The number of halogens is 3. The van der Waals surface area contributed by atoms with Crippen molar-refractivity contribution in [1.82, 2.24) is 15.1 Å². The van der Waals surface area contributed by atoms with Crippen LogP contribution in [-0.4, -0.2) is 45.0 Å². The van der Waals surface area contributed by atoms with Crippen molar-refractivity contribution in [3.8, 4) is 0 Å². The van der Waals surface area contributed by atoms with Gasteiger partial charge in [0.15, 0.2) is 5.82 Å². The molecule has 1 heterocycles. The number of aliphatic hydroxyl groups is 2. The van der Waals surface area contributed by atoms with Gasteiger partial charge in [0.05, 0.1) is 34.9 Å². The first-order valence-electron chi connectivity index (χ1n) is 7.79. The highest BCUT2D eigenvalue weighted by Gasteiger charge is 2.23. The minimum absolute atomic E-state index is 0.0413. The minimum Gasteiger partial charge on any atom is -0.393 e. The van der Waals surface area contributed by atoms with E-state index in [0.29, 0.717) is 8.27 Å². The van der Waals surface area contributed by atoms with Gasteiger partial charge in [0.2, 0.25) is 0 Å². The van der Waals surface area contributed by atoms with Gasteiger partial charge in [0.25, 0.3) is 5.91 Å². The van der Waals surface area contributed by atoms with Crippen LogP contribution in [-0.2, 0) is 4.84 Å². The molecular formula is C16H13F2IN4O4S. The molecule has 28 heavy (non-hydrogen) atoms. The smallest absolute Gasteiger partial charge is 0.277 e. The van der Waals surface area contributed by atoms with Crippen LogP contribution in [0, 0.1) is 15.2 Å². The normalized spacial score (nSPS) is 11.2. The number of hydroxylamine groups is 1. The Balaban J connectivity index is 2.00. The molecule has 0 saturated carbocycles. The third kappa shape index (κ3) is 4.35. The zero-order chi connectivity index (χ0) is 20.3. The Hall–Kier alpha value is -2.00. The van der Waals surface area contributed by atoms with E-state index < -0.39 is 36.9 Å². The van der Waals surface area contributed by atoms with Gasteiger partial charge >= 0.3 is 0 Å². The van der Waals surface area contributed by atoms with Crippen molar-refractivity contribution in [1.29, 1.82) is 0 Å². The molecule has 0 atom stereocenters. The van der Waals surface area contributed by atoms with Gasteiger partial charge in [-0.05, 0) is 58.4 Å². The number of benzene rings is 2. The monoisotopic (exact) mass is 522 g/mol. The van der Waals surface area contributed by atoms with Crippen LogP contribution in [0.1, 0.15) is 10.4 Å².